The second kappa shape index (κ2) is 4.46. The van der Waals surface area contributed by atoms with Crippen molar-refractivity contribution in [2.24, 2.45) is 5.84 Å². The Morgan fingerprint density at radius 3 is 2.69 bits per heavy atom. The molecule has 0 fully saturated rings. The molecule has 1 heterocycles. The Bertz CT molecular complexity index is 506. The number of hydrogen-bond acceptors (Lipinski definition) is 3. The normalized spacial score (nSPS) is 10.1. The highest BCUT2D eigenvalue weighted by atomic mass is 79.9. The second-order valence-electron chi connectivity index (χ2n) is 3.12. The van der Waals surface area contributed by atoms with E-state index in [0.717, 1.165) is 10.2 Å². The summed E-state index contributed by atoms with van der Waals surface area (Å²) in [5.41, 5.74) is 3.35. The fourth-order valence-corrected chi connectivity index (χ4v) is 1.52. The molecule has 1 aromatic carbocycles. The van der Waals surface area contributed by atoms with E-state index in [1.165, 1.54) is 6.20 Å². The zero-order valence-electron chi connectivity index (χ0n) is 8.22. The van der Waals surface area contributed by atoms with Crippen LogP contribution in [0.25, 0.3) is 5.69 Å². The predicted octanol–water partition coefficient (Wildman–Crippen LogP) is 1.24. The first-order chi connectivity index (χ1) is 7.70. The summed E-state index contributed by atoms with van der Waals surface area (Å²) in [7, 11) is 0. The van der Waals surface area contributed by atoms with Crippen LogP contribution in [0.1, 0.15) is 10.4 Å². The molecule has 1 amide bonds. The number of hydrogen-bond donors (Lipinski definition) is 2. The molecule has 5 nitrogen and oxygen atoms in total. The fourth-order valence-electron chi connectivity index (χ4n) is 1.26. The van der Waals surface area contributed by atoms with E-state index in [0.29, 0.717) is 5.56 Å². The van der Waals surface area contributed by atoms with Gasteiger partial charge in [-0.15, -0.1) is 0 Å². The minimum atomic E-state index is -0.358. The lowest BCUT2D eigenvalue weighted by atomic mass is 10.3. The highest BCUT2D eigenvalue weighted by Crippen LogP contribution is 2.13. The minimum absolute atomic E-state index is 0.358. The molecule has 0 spiro atoms. The van der Waals surface area contributed by atoms with Crippen molar-refractivity contribution >= 4 is 21.8 Å². The zero-order chi connectivity index (χ0) is 11.5. The number of halogens is 1. The van der Waals surface area contributed by atoms with Gasteiger partial charge in [-0.3, -0.25) is 10.2 Å². The first-order valence-corrected chi connectivity index (χ1v) is 5.31. The maximum absolute atomic E-state index is 11.2. The van der Waals surface area contributed by atoms with Crippen LogP contribution in [0.5, 0.6) is 0 Å². The number of hydrazine groups is 1. The van der Waals surface area contributed by atoms with Crippen molar-refractivity contribution in [2.75, 3.05) is 0 Å². The third-order valence-corrected chi connectivity index (χ3v) is 2.60. The number of carbonyl (C=O) groups excluding carboxylic acids is 1. The van der Waals surface area contributed by atoms with E-state index in [2.05, 4.69) is 26.5 Å². The first-order valence-electron chi connectivity index (χ1n) is 4.52. The predicted molar refractivity (Wildman–Crippen MR) is 62.9 cm³/mol. The molecular weight excluding hydrogens is 272 g/mol. The Morgan fingerprint density at radius 1 is 1.38 bits per heavy atom. The topological polar surface area (TPSA) is 72.9 Å². The van der Waals surface area contributed by atoms with Gasteiger partial charge in [-0.05, 0) is 24.3 Å². The quantitative estimate of drug-likeness (QED) is 0.494. The summed E-state index contributed by atoms with van der Waals surface area (Å²) in [6, 6.07) is 7.59. The maximum Gasteiger partial charge on any atom is 0.268 e. The molecule has 0 radical (unpaired) electrons. The molecular formula is C10H9BrN4O. The Morgan fingerprint density at radius 2 is 2.06 bits per heavy atom. The number of nitrogens with one attached hydrogen (secondary N) is 1. The fraction of sp³-hybridized carbons (Fsp3) is 0. The van der Waals surface area contributed by atoms with Gasteiger partial charge in [0.1, 0.15) is 0 Å². The van der Waals surface area contributed by atoms with E-state index in [9.17, 15) is 4.79 Å². The maximum atomic E-state index is 11.2. The summed E-state index contributed by atoms with van der Waals surface area (Å²) in [4.78, 5) is 11.2. The number of aromatic nitrogens is 2. The van der Waals surface area contributed by atoms with Crippen molar-refractivity contribution in [3.8, 4) is 5.69 Å². The molecule has 0 aliphatic heterocycles. The molecule has 3 N–H and O–H groups in total. The Hall–Kier alpha value is -1.66. The molecule has 2 aromatic rings. The van der Waals surface area contributed by atoms with Crippen LogP contribution in [0, 0.1) is 0 Å². The Labute approximate surface area is 100 Å². The third kappa shape index (κ3) is 2.12. The summed E-state index contributed by atoms with van der Waals surface area (Å²) in [5.74, 6) is 4.67. The van der Waals surface area contributed by atoms with E-state index in [1.807, 2.05) is 24.3 Å². The van der Waals surface area contributed by atoms with Gasteiger partial charge >= 0.3 is 0 Å². The number of nitrogens with zero attached hydrogens (tertiary/aromatic N) is 2. The molecule has 0 bridgehead atoms. The number of benzene rings is 1. The molecule has 6 heteroatoms. The average molecular weight is 281 g/mol. The monoisotopic (exact) mass is 280 g/mol. The van der Waals surface area contributed by atoms with Gasteiger partial charge in [0.2, 0.25) is 0 Å². The summed E-state index contributed by atoms with van der Waals surface area (Å²) in [5, 5.41) is 4.07. The number of rotatable bonds is 2. The number of amides is 1. The number of nitrogen functional groups attached to an aromatic ring is 1. The lowest BCUT2D eigenvalue weighted by Gasteiger charge is -2.00. The van der Waals surface area contributed by atoms with Gasteiger partial charge in [-0.2, -0.15) is 5.10 Å². The summed E-state index contributed by atoms with van der Waals surface area (Å²) in [6.45, 7) is 0. The molecule has 0 saturated heterocycles. The van der Waals surface area contributed by atoms with Crippen LogP contribution in [-0.4, -0.2) is 15.7 Å². The molecule has 0 aliphatic rings. The van der Waals surface area contributed by atoms with E-state index in [4.69, 9.17) is 5.84 Å². The van der Waals surface area contributed by atoms with Crippen molar-refractivity contribution < 1.29 is 4.79 Å². The first kappa shape index (κ1) is 10.8. The summed E-state index contributed by atoms with van der Waals surface area (Å²) in [6.07, 6.45) is 3.08. The van der Waals surface area contributed by atoms with Gasteiger partial charge in [0.25, 0.3) is 5.91 Å². The second-order valence-corrected chi connectivity index (χ2v) is 4.04. The Balaban J connectivity index is 2.31. The van der Waals surface area contributed by atoms with Gasteiger partial charge in [-0.25, -0.2) is 10.5 Å². The van der Waals surface area contributed by atoms with Gasteiger partial charge in [0.15, 0.2) is 0 Å². The molecule has 2 rings (SSSR count). The zero-order valence-corrected chi connectivity index (χ0v) is 9.81. The van der Waals surface area contributed by atoms with Crippen LogP contribution in [0.15, 0.2) is 41.1 Å². The third-order valence-electron chi connectivity index (χ3n) is 2.07. The highest BCUT2D eigenvalue weighted by molar-refractivity contribution is 9.10. The van der Waals surface area contributed by atoms with E-state index >= 15 is 0 Å². The SMILES string of the molecule is NNC(=O)c1cnn(-c2ccc(Br)cc2)c1. The molecule has 0 saturated carbocycles. The smallest absolute Gasteiger partial charge is 0.268 e. The molecule has 0 atom stereocenters. The molecule has 82 valence electrons. The van der Waals surface area contributed by atoms with Crippen LogP contribution in [0.4, 0.5) is 0 Å². The van der Waals surface area contributed by atoms with Crippen molar-refractivity contribution in [1.82, 2.24) is 15.2 Å². The van der Waals surface area contributed by atoms with Gasteiger partial charge in [0.05, 0.1) is 17.4 Å². The molecule has 0 aliphatic carbocycles. The van der Waals surface area contributed by atoms with E-state index in [1.54, 1.807) is 10.9 Å². The largest absolute Gasteiger partial charge is 0.290 e. The van der Waals surface area contributed by atoms with Gasteiger partial charge in [0, 0.05) is 10.7 Å². The van der Waals surface area contributed by atoms with E-state index < -0.39 is 0 Å². The average Bonchev–Trinajstić information content (AvgIpc) is 2.78. The highest BCUT2D eigenvalue weighted by Gasteiger charge is 2.07. The molecule has 16 heavy (non-hydrogen) atoms. The van der Waals surface area contributed by atoms with Gasteiger partial charge in [-0.1, -0.05) is 15.9 Å². The van der Waals surface area contributed by atoms with Crippen molar-refractivity contribution in [2.45, 2.75) is 0 Å². The van der Waals surface area contributed by atoms with Crippen LogP contribution in [-0.2, 0) is 0 Å². The molecule has 1 aromatic heterocycles. The van der Waals surface area contributed by atoms with E-state index in [-0.39, 0.29) is 5.91 Å². The van der Waals surface area contributed by atoms with Crippen molar-refractivity contribution in [3.05, 3.63) is 46.7 Å². The lowest BCUT2D eigenvalue weighted by Crippen LogP contribution is -2.29. The van der Waals surface area contributed by atoms with Crippen LogP contribution < -0.4 is 11.3 Å². The summed E-state index contributed by atoms with van der Waals surface area (Å²) < 4.78 is 2.60. The van der Waals surface area contributed by atoms with Gasteiger partial charge < -0.3 is 0 Å². The standard InChI is InChI=1S/C10H9BrN4O/c11-8-1-3-9(4-2-8)15-6-7(5-13-15)10(16)14-12/h1-6H,12H2,(H,14,16). The summed E-state index contributed by atoms with van der Waals surface area (Å²) >= 11 is 3.35. The van der Waals surface area contributed by atoms with Crippen LogP contribution in [0.3, 0.4) is 0 Å². The molecule has 0 unspecified atom stereocenters. The van der Waals surface area contributed by atoms with Crippen molar-refractivity contribution in [3.63, 3.8) is 0 Å². The number of nitrogens with two attached hydrogens (primary N) is 1. The lowest BCUT2D eigenvalue weighted by molar-refractivity contribution is 0.0953. The Kier molecular flexibility index (Phi) is 3.02. The minimum Gasteiger partial charge on any atom is -0.290 e. The number of carbonyl (C=O) groups is 1. The van der Waals surface area contributed by atoms with Crippen molar-refractivity contribution in [1.29, 1.82) is 0 Å². The van der Waals surface area contributed by atoms with Crippen LogP contribution >= 0.6 is 15.9 Å². The van der Waals surface area contributed by atoms with Crippen LogP contribution in [0.2, 0.25) is 0 Å².